The summed E-state index contributed by atoms with van der Waals surface area (Å²) in [6, 6.07) is 9.09. The van der Waals surface area contributed by atoms with Gasteiger partial charge in [0.2, 0.25) is 0 Å². The maximum Gasteiger partial charge on any atom is 0.0530 e. The monoisotopic (exact) mass is 216 g/mol. The molecule has 1 atom stereocenters. The van der Waals surface area contributed by atoms with Crippen molar-refractivity contribution in [3.8, 4) is 0 Å². The molecular formula is C14H20N2. The van der Waals surface area contributed by atoms with Crippen molar-refractivity contribution in [2.24, 2.45) is 0 Å². The summed E-state index contributed by atoms with van der Waals surface area (Å²) in [5, 5.41) is 3.38. The fourth-order valence-corrected chi connectivity index (χ4v) is 2.31. The lowest BCUT2D eigenvalue weighted by atomic mass is 10.0. The number of hydrogen-bond donors (Lipinski definition) is 1. The van der Waals surface area contributed by atoms with Crippen LogP contribution >= 0.6 is 0 Å². The lowest BCUT2D eigenvalue weighted by molar-refractivity contribution is 0.203. The zero-order chi connectivity index (χ0) is 11.4. The van der Waals surface area contributed by atoms with Crippen molar-refractivity contribution in [3.63, 3.8) is 0 Å². The van der Waals surface area contributed by atoms with E-state index in [0.717, 1.165) is 26.2 Å². The largest absolute Gasteiger partial charge is 0.314 e. The molecule has 1 aromatic rings. The first-order valence-electron chi connectivity index (χ1n) is 5.95. The molecule has 0 aromatic heterocycles. The Hall–Kier alpha value is -1.12. The maximum absolute atomic E-state index is 3.98. The summed E-state index contributed by atoms with van der Waals surface area (Å²) in [7, 11) is 0. The summed E-state index contributed by atoms with van der Waals surface area (Å²) >= 11 is 0. The molecule has 0 aliphatic carbocycles. The lowest BCUT2D eigenvalue weighted by Crippen LogP contribution is -2.44. The van der Waals surface area contributed by atoms with E-state index in [0.29, 0.717) is 6.04 Å². The standard InChI is InChI=1S/C14H20N2/c1-3-14(16-9-7-15-8-10-16)13-6-4-5-12(2)11-13/h3-6,11,14-15H,1,7-10H2,2H3/t14-/m0/s1. The smallest absolute Gasteiger partial charge is 0.0530 e. The first-order valence-corrected chi connectivity index (χ1v) is 5.95. The Bertz CT molecular complexity index is 354. The van der Waals surface area contributed by atoms with Gasteiger partial charge in [-0.15, -0.1) is 6.58 Å². The Kier molecular flexibility index (Phi) is 3.75. The number of piperazine rings is 1. The molecule has 1 saturated heterocycles. The van der Waals surface area contributed by atoms with Crippen molar-refractivity contribution in [1.82, 2.24) is 10.2 Å². The van der Waals surface area contributed by atoms with Gasteiger partial charge in [0.05, 0.1) is 6.04 Å². The van der Waals surface area contributed by atoms with Crippen LogP contribution in [0.5, 0.6) is 0 Å². The first-order chi connectivity index (χ1) is 7.81. The Balaban J connectivity index is 2.17. The molecule has 1 aliphatic rings. The Morgan fingerprint density at radius 3 is 2.75 bits per heavy atom. The third kappa shape index (κ3) is 2.52. The second-order valence-electron chi connectivity index (χ2n) is 4.38. The van der Waals surface area contributed by atoms with Gasteiger partial charge in [0.1, 0.15) is 0 Å². The van der Waals surface area contributed by atoms with Crippen LogP contribution < -0.4 is 5.32 Å². The Labute approximate surface area is 98.0 Å². The highest BCUT2D eigenvalue weighted by molar-refractivity contribution is 5.27. The number of benzene rings is 1. The van der Waals surface area contributed by atoms with E-state index >= 15 is 0 Å². The summed E-state index contributed by atoms with van der Waals surface area (Å²) in [4.78, 5) is 2.48. The van der Waals surface area contributed by atoms with Gasteiger partial charge < -0.3 is 5.32 Å². The molecular weight excluding hydrogens is 196 g/mol. The minimum absolute atomic E-state index is 0.363. The van der Waals surface area contributed by atoms with E-state index in [-0.39, 0.29) is 0 Å². The molecule has 1 aliphatic heterocycles. The Morgan fingerprint density at radius 1 is 1.38 bits per heavy atom. The third-order valence-corrected chi connectivity index (χ3v) is 3.15. The Morgan fingerprint density at radius 2 is 2.12 bits per heavy atom. The average Bonchev–Trinajstić information content (AvgIpc) is 2.31. The highest BCUT2D eigenvalue weighted by atomic mass is 15.2. The minimum Gasteiger partial charge on any atom is -0.314 e. The van der Waals surface area contributed by atoms with Crippen molar-refractivity contribution in [1.29, 1.82) is 0 Å². The van der Waals surface area contributed by atoms with Crippen LogP contribution in [0, 0.1) is 6.92 Å². The van der Waals surface area contributed by atoms with Crippen molar-refractivity contribution in [2.75, 3.05) is 26.2 Å². The van der Waals surface area contributed by atoms with Gasteiger partial charge >= 0.3 is 0 Å². The van der Waals surface area contributed by atoms with Gasteiger partial charge in [0, 0.05) is 26.2 Å². The quantitative estimate of drug-likeness (QED) is 0.779. The lowest BCUT2D eigenvalue weighted by Gasteiger charge is -2.33. The van der Waals surface area contributed by atoms with Crippen molar-refractivity contribution in [3.05, 3.63) is 48.0 Å². The molecule has 16 heavy (non-hydrogen) atoms. The average molecular weight is 216 g/mol. The molecule has 0 bridgehead atoms. The maximum atomic E-state index is 3.98. The van der Waals surface area contributed by atoms with Crippen LogP contribution in [-0.4, -0.2) is 31.1 Å². The molecule has 0 unspecified atom stereocenters. The number of nitrogens with one attached hydrogen (secondary N) is 1. The van der Waals surface area contributed by atoms with Crippen LogP contribution in [0.15, 0.2) is 36.9 Å². The molecule has 1 heterocycles. The minimum atomic E-state index is 0.363. The van der Waals surface area contributed by atoms with E-state index in [1.807, 2.05) is 0 Å². The zero-order valence-corrected chi connectivity index (χ0v) is 9.95. The summed E-state index contributed by atoms with van der Waals surface area (Å²) in [5.41, 5.74) is 2.68. The fraction of sp³-hybridized carbons (Fsp3) is 0.429. The van der Waals surface area contributed by atoms with Crippen LogP contribution in [-0.2, 0) is 0 Å². The van der Waals surface area contributed by atoms with E-state index < -0.39 is 0 Å². The second kappa shape index (κ2) is 5.28. The predicted molar refractivity (Wildman–Crippen MR) is 68.6 cm³/mol. The van der Waals surface area contributed by atoms with Crippen molar-refractivity contribution < 1.29 is 0 Å². The van der Waals surface area contributed by atoms with Crippen LogP contribution in [0.1, 0.15) is 17.2 Å². The molecule has 2 rings (SSSR count). The fourth-order valence-electron chi connectivity index (χ4n) is 2.31. The van der Waals surface area contributed by atoms with Gasteiger partial charge in [0.15, 0.2) is 0 Å². The van der Waals surface area contributed by atoms with E-state index in [2.05, 4.69) is 54.1 Å². The molecule has 1 aromatic carbocycles. The number of nitrogens with zero attached hydrogens (tertiary/aromatic N) is 1. The summed E-state index contributed by atoms with van der Waals surface area (Å²) in [6.07, 6.45) is 2.06. The highest BCUT2D eigenvalue weighted by Gasteiger charge is 2.18. The van der Waals surface area contributed by atoms with Crippen molar-refractivity contribution in [2.45, 2.75) is 13.0 Å². The van der Waals surface area contributed by atoms with Gasteiger partial charge in [-0.25, -0.2) is 0 Å². The second-order valence-corrected chi connectivity index (χ2v) is 4.38. The van der Waals surface area contributed by atoms with Crippen molar-refractivity contribution >= 4 is 0 Å². The molecule has 0 amide bonds. The van der Waals surface area contributed by atoms with E-state index in [4.69, 9.17) is 0 Å². The summed E-state index contributed by atoms with van der Waals surface area (Å²) in [6.45, 7) is 10.5. The number of rotatable bonds is 3. The SMILES string of the molecule is C=C[C@@H](c1cccc(C)c1)N1CCNCC1. The molecule has 86 valence electrons. The first kappa shape index (κ1) is 11.4. The van der Waals surface area contributed by atoms with E-state index in [1.165, 1.54) is 11.1 Å². The molecule has 0 saturated carbocycles. The van der Waals surface area contributed by atoms with E-state index in [1.54, 1.807) is 0 Å². The molecule has 1 fully saturated rings. The summed E-state index contributed by atoms with van der Waals surface area (Å²) in [5.74, 6) is 0. The summed E-state index contributed by atoms with van der Waals surface area (Å²) < 4.78 is 0. The molecule has 2 nitrogen and oxygen atoms in total. The van der Waals surface area contributed by atoms with Crippen LogP contribution in [0.2, 0.25) is 0 Å². The number of hydrogen-bond acceptors (Lipinski definition) is 2. The van der Waals surface area contributed by atoms with E-state index in [9.17, 15) is 0 Å². The molecule has 0 radical (unpaired) electrons. The highest BCUT2D eigenvalue weighted by Crippen LogP contribution is 2.22. The zero-order valence-electron chi connectivity index (χ0n) is 9.95. The van der Waals surface area contributed by atoms with Gasteiger partial charge in [0.25, 0.3) is 0 Å². The van der Waals surface area contributed by atoms with Gasteiger partial charge in [-0.1, -0.05) is 35.9 Å². The van der Waals surface area contributed by atoms with Gasteiger partial charge in [-0.05, 0) is 12.5 Å². The van der Waals surface area contributed by atoms with Crippen LogP contribution in [0.4, 0.5) is 0 Å². The number of aryl methyl sites for hydroxylation is 1. The van der Waals surface area contributed by atoms with Gasteiger partial charge in [-0.3, -0.25) is 4.90 Å². The van der Waals surface area contributed by atoms with Gasteiger partial charge in [-0.2, -0.15) is 0 Å². The normalized spacial score (nSPS) is 19.3. The molecule has 0 spiro atoms. The van der Waals surface area contributed by atoms with Crippen LogP contribution in [0.3, 0.4) is 0 Å². The van der Waals surface area contributed by atoms with Crippen LogP contribution in [0.25, 0.3) is 0 Å². The molecule has 1 N–H and O–H groups in total. The third-order valence-electron chi connectivity index (χ3n) is 3.15. The molecule has 2 heteroatoms. The topological polar surface area (TPSA) is 15.3 Å². The predicted octanol–water partition coefficient (Wildman–Crippen LogP) is 2.13.